The molecule has 0 aliphatic carbocycles. The second-order valence-electron chi connectivity index (χ2n) is 4.12. The van der Waals surface area contributed by atoms with E-state index in [4.69, 9.17) is 17.3 Å². The van der Waals surface area contributed by atoms with E-state index in [1.165, 1.54) is 12.1 Å². The number of aryl methyl sites for hydroxylation is 1. The van der Waals surface area contributed by atoms with Gasteiger partial charge in [0.25, 0.3) is 5.69 Å². The lowest BCUT2D eigenvalue weighted by Gasteiger charge is -2.10. The average molecular weight is 257 g/mol. The highest BCUT2D eigenvalue weighted by atomic mass is 35.5. The summed E-state index contributed by atoms with van der Waals surface area (Å²) in [7, 11) is 0. The number of hydrogen-bond donors (Lipinski definition) is 1. The van der Waals surface area contributed by atoms with Crippen LogP contribution in [0.1, 0.15) is 31.7 Å². The Bertz CT molecular complexity index is 396. The third-order valence-corrected chi connectivity index (χ3v) is 2.92. The van der Waals surface area contributed by atoms with Gasteiger partial charge in [-0.2, -0.15) is 0 Å². The normalized spacial score (nSPS) is 12.4. The van der Waals surface area contributed by atoms with Crippen LogP contribution in [-0.2, 0) is 6.42 Å². The fraction of sp³-hybridized carbons (Fsp3) is 0.500. The van der Waals surface area contributed by atoms with Crippen molar-refractivity contribution in [2.75, 3.05) is 0 Å². The minimum absolute atomic E-state index is 0.0959. The van der Waals surface area contributed by atoms with Crippen molar-refractivity contribution in [3.8, 4) is 0 Å². The van der Waals surface area contributed by atoms with Crippen LogP contribution in [0.5, 0.6) is 0 Å². The van der Waals surface area contributed by atoms with Gasteiger partial charge in [-0.25, -0.2) is 0 Å². The van der Waals surface area contributed by atoms with Crippen molar-refractivity contribution in [3.05, 3.63) is 38.9 Å². The lowest BCUT2D eigenvalue weighted by atomic mass is 10.0. The van der Waals surface area contributed by atoms with Gasteiger partial charge in [0.15, 0.2) is 0 Å². The van der Waals surface area contributed by atoms with E-state index >= 15 is 0 Å². The predicted octanol–water partition coefficient (Wildman–Crippen LogP) is 3.31. The minimum Gasteiger partial charge on any atom is -0.328 e. The molecule has 0 bridgehead atoms. The van der Waals surface area contributed by atoms with E-state index in [0.717, 1.165) is 19.3 Å². The Morgan fingerprint density at radius 3 is 2.76 bits per heavy atom. The molecule has 0 spiro atoms. The molecular formula is C12H17ClN2O2. The largest absolute Gasteiger partial charge is 0.328 e. The smallest absolute Gasteiger partial charge is 0.272 e. The first kappa shape index (κ1) is 13.9. The van der Waals surface area contributed by atoms with Crippen LogP contribution in [0.15, 0.2) is 18.2 Å². The summed E-state index contributed by atoms with van der Waals surface area (Å²) in [6, 6.07) is 4.73. The SMILES string of the molecule is CCCC(N)CCc1cc(Cl)ccc1[N+](=O)[O-]. The van der Waals surface area contributed by atoms with Crippen LogP contribution in [0.25, 0.3) is 0 Å². The summed E-state index contributed by atoms with van der Waals surface area (Å²) < 4.78 is 0. The van der Waals surface area contributed by atoms with Crippen LogP contribution in [0, 0.1) is 10.1 Å². The van der Waals surface area contributed by atoms with Crippen molar-refractivity contribution in [1.29, 1.82) is 0 Å². The zero-order chi connectivity index (χ0) is 12.8. The summed E-state index contributed by atoms with van der Waals surface area (Å²) in [5.41, 5.74) is 6.68. The van der Waals surface area contributed by atoms with Gasteiger partial charge in [-0.1, -0.05) is 24.9 Å². The number of rotatable bonds is 6. The molecule has 1 unspecified atom stereocenters. The highest BCUT2D eigenvalue weighted by Crippen LogP contribution is 2.24. The van der Waals surface area contributed by atoms with Crippen LogP contribution in [-0.4, -0.2) is 11.0 Å². The molecule has 0 heterocycles. The second-order valence-corrected chi connectivity index (χ2v) is 4.55. The molecule has 94 valence electrons. The molecule has 2 N–H and O–H groups in total. The highest BCUT2D eigenvalue weighted by Gasteiger charge is 2.14. The molecule has 1 rings (SSSR count). The Morgan fingerprint density at radius 1 is 1.47 bits per heavy atom. The standard InChI is InChI=1S/C12H17ClN2O2/c1-2-3-11(14)6-4-9-8-10(13)5-7-12(9)15(16)17/h5,7-8,11H,2-4,6,14H2,1H3. The molecular weight excluding hydrogens is 240 g/mol. The van der Waals surface area contributed by atoms with Gasteiger partial charge in [-0.15, -0.1) is 0 Å². The third kappa shape index (κ3) is 4.32. The summed E-state index contributed by atoms with van der Waals surface area (Å²) in [5, 5.41) is 11.4. The van der Waals surface area contributed by atoms with Gasteiger partial charge in [-0.05, 0) is 31.4 Å². The second kappa shape index (κ2) is 6.57. The Hall–Kier alpha value is -1.13. The maximum atomic E-state index is 10.8. The third-order valence-electron chi connectivity index (χ3n) is 2.68. The fourth-order valence-electron chi connectivity index (χ4n) is 1.79. The molecule has 0 fully saturated rings. The van der Waals surface area contributed by atoms with Crippen molar-refractivity contribution >= 4 is 17.3 Å². The maximum Gasteiger partial charge on any atom is 0.272 e. The topological polar surface area (TPSA) is 69.2 Å². The Labute approximate surface area is 106 Å². The van der Waals surface area contributed by atoms with Crippen molar-refractivity contribution in [2.45, 2.75) is 38.6 Å². The summed E-state index contributed by atoms with van der Waals surface area (Å²) in [6.45, 7) is 2.07. The molecule has 5 heteroatoms. The number of nitro groups is 1. The molecule has 0 aromatic heterocycles. The zero-order valence-corrected chi connectivity index (χ0v) is 10.6. The average Bonchev–Trinajstić information content (AvgIpc) is 2.26. The van der Waals surface area contributed by atoms with E-state index in [9.17, 15) is 10.1 Å². The quantitative estimate of drug-likeness (QED) is 0.627. The molecule has 4 nitrogen and oxygen atoms in total. The number of benzene rings is 1. The summed E-state index contributed by atoms with van der Waals surface area (Å²) in [6.07, 6.45) is 3.31. The first-order valence-electron chi connectivity index (χ1n) is 5.73. The molecule has 0 saturated carbocycles. The molecule has 0 aliphatic rings. The van der Waals surface area contributed by atoms with Gasteiger partial charge in [0, 0.05) is 22.7 Å². The monoisotopic (exact) mass is 256 g/mol. The van der Waals surface area contributed by atoms with Gasteiger partial charge in [0.05, 0.1) is 4.92 Å². The van der Waals surface area contributed by atoms with Crippen LogP contribution in [0.2, 0.25) is 5.02 Å². The van der Waals surface area contributed by atoms with E-state index < -0.39 is 0 Å². The van der Waals surface area contributed by atoms with E-state index in [2.05, 4.69) is 6.92 Å². The molecule has 0 amide bonds. The predicted molar refractivity (Wildman–Crippen MR) is 69.3 cm³/mol. The van der Waals surface area contributed by atoms with Gasteiger partial charge in [-0.3, -0.25) is 10.1 Å². The maximum absolute atomic E-state index is 10.8. The minimum atomic E-state index is -0.378. The first-order valence-corrected chi connectivity index (χ1v) is 6.10. The van der Waals surface area contributed by atoms with Crippen LogP contribution in [0.4, 0.5) is 5.69 Å². The molecule has 0 radical (unpaired) electrons. The van der Waals surface area contributed by atoms with Gasteiger partial charge < -0.3 is 5.73 Å². The molecule has 17 heavy (non-hydrogen) atoms. The Morgan fingerprint density at radius 2 is 2.18 bits per heavy atom. The van der Waals surface area contributed by atoms with Crippen molar-refractivity contribution in [2.24, 2.45) is 5.73 Å². The number of halogens is 1. The van der Waals surface area contributed by atoms with Crippen LogP contribution >= 0.6 is 11.6 Å². The molecule has 0 aliphatic heterocycles. The number of nitrogens with two attached hydrogens (primary N) is 1. The number of hydrogen-bond acceptors (Lipinski definition) is 3. The zero-order valence-electron chi connectivity index (χ0n) is 9.86. The van der Waals surface area contributed by atoms with Gasteiger partial charge in [0.1, 0.15) is 0 Å². The highest BCUT2D eigenvalue weighted by molar-refractivity contribution is 6.30. The summed E-state index contributed by atoms with van der Waals surface area (Å²) in [4.78, 5) is 10.5. The summed E-state index contributed by atoms with van der Waals surface area (Å²) in [5.74, 6) is 0. The molecule has 0 saturated heterocycles. The van der Waals surface area contributed by atoms with E-state index in [-0.39, 0.29) is 16.7 Å². The fourth-order valence-corrected chi connectivity index (χ4v) is 1.98. The van der Waals surface area contributed by atoms with E-state index in [1.807, 2.05) is 0 Å². The van der Waals surface area contributed by atoms with Gasteiger partial charge in [0.2, 0.25) is 0 Å². The van der Waals surface area contributed by atoms with E-state index in [0.29, 0.717) is 17.0 Å². The molecule has 1 atom stereocenters. The van der Waals surface area contributed by atoms with Crippen LogP contribution < -0.4 is 5.73 Å². The number of nitro benzene ring substituents is 1. The molecule has 1 aromatic rings. The lowest BCUT2D eigenvalue weighted by molar-refractivity contribution is -0.385. The van der Waals surface area contributed by atoms with Crippen molar-refractivity contribution in [3.63, 3.8) is 0 Å². The Kier molecular flexibility index (Phi) is 5.38. The van der Waals surface area contributed by atoms with Crippen molar-refractivity contribution < 1.29 is 4.92 Å². The van der Waals surface area contributed by atoms with E-state index in [1.54, 1.807) is 6.07 Å². The summed E-state index contributed by atoms with van der Waals surface area (Å²) >= 11 is 5.84. The van der Waals surface area contributed by atoms with Gasteiger partial charge >= 0.3 is 0 Å². The Balaban J connectivity index is 2.75. The van der Waals surface area contributed by atoms with Crippen molar-refractivity contribution in [1.82, 2.24) is 0 Å². The first-order chi connectivity index (χ1) is 8.04. The van der Waals surface area contributed by atoms with Crippen LogP contribution in [0.3, 0.4) is 0 Å². The molecule has 1 aromatic carbocycles. The number of nitrogens with zero attached hydrogens (tertiary/aromatic N) is 1. The lowest BCUT2D eigenvalue weighted by Crippen LogP contribution is -2.20.